The molecule has 0 spiro atoms. The number of carbonyl (C=O) groups excluding carboxylic acids is 1. The first-order valence-electron chi connectivity index (χ1n) is 5.19. The van der Waals surface area contributed by atoms with Gasteiger partial charge in [0.2, 0.25) is 0 Å². The molecule has 0 aliphatic heterocycles. The zero-order valence-corrected chi connectivity index (χ0v) is 14.1. The summed E-state index contributed by atoms with van der Waals surface area (Å²) in [6, 6.07) is 10.2. The molecule has 0 aromatic heterocycles. The molecule has 0 aliphatic carbocycles. The Morgan fingerprint density at radius 3 is 2.11 bits per heavy atom. The number of hydrogen-bond donors (Lipinski definition) is 1. The summed E-state index contributed by atoms with van der Waals surface area (Å²) in [5, 5.41) is 3.96. The van der Waals surface area contributed by atoms with E-state index in [0.717, 1.165) is 4.47 Å². The average molecular weight is 424 g/mol. The molecule has 2 aromatic carbocycles. The van der Waals surface area contributed by atoms with Crippen LogP contribution in [0.1, 0.15) is 10.4 Å². The van der Waals surface area contributed by atoms with Crippen LogP contribution in [0.2, 0.25) is 10.0 Å². The quantitative estimate of drug-likeness (QED) is 0.652. The zero-order chi connectivity index (χ0) is 14.0. The molecule has 0 atom stereocenters. The van der Waals surface area contributed by atoms with Crippen molar-refractivity contribution in [3.8, 4) is 0 Å². The van der Waals surface area contributed by atoms with Crippen LogP contribution in [0.25, 0.3) is 0 Å². The van der Waals surface area contributed by atoms with Gasteiger partial charge in [-0.1, -0.05) is 23.2 Å². The predicted molar refractivity (Wildman–Crippen MR) is 86.3 cm³/mol. The van der Waals surface area contributed by atoms with Crippen LogP contribution in [0.3, 0.4) is 0 Å². The third-order valence-corrected chi connectivity index (χ3v) is 4.14. The van der Waals surface area contributed by atoms with Crippen molar-refractivity contribution in [3.63, 3.8) is 0 Å². The molecular formula is C13H7Br2Cl2NO. The summed E-state index contributed by atoms with van der Waals surface area (Å²) in [6.07, 6.45) is 0. The van der Waals surface area contributed by atoms with Crippen molar-refractivity contribution in [1.82, 2.24) is 0 Å². The van der Waals surface area contributed by atoms with E-state index in [-0.39, 0.29) is 5.91 Å². The molecule has 0 heterocycles. The number of amides is 1. The fourth-order valence-corrected chi connectivity index (χ4v) is 3.10. The van der Waals surface area contributed by atoms with E-state index in [2.05, 4.69) is 37.2 Å². The van der Waals surface area contributed by atoms with Crippen LogP contribution in [-0.2, 0) is 0 Å². The number of nitrogens with one attached hydrogen (secondary N) is 1. The smallest absolute Gasteiger partial charge is 0.256 e. The highest BCUT2D eigenvalue weighted by atomic mass is 79.9. The van der Waals surface area contributed by atoms with Gasteiger partial charge in [0.05, 0.1) is 11.3 Å². The fourth-order valence-electron chi connectivity index (χ4n) is 1.45. The lowest BCUT2D eigenvalue weighted by Gasteiger charge is -2.09. The maximum absolute atomic E-state index is 12.1. The number of anilines is 1. The molecule has 0 fully saturated rings. The SMILES string of the molecule is O=C(Nc1ccc(Cl)cc1Br)c1ccc(Cl)cc1Br. The summed E-state index contributed by atoms with van der Waals surface area (Å²) in [5.74, 6) is -0.230. The van der Waals surface area contributed by atoms with Crippen LogP contribution in [0.4, 0.5) is 5.69 Å². The Labute approximate surface area is 137 Å². The Hall–Kier alpha value is -0.550. The fraction of sp³-hybridized carbons (Fsp3) is 0. The van der Waals surface area contributed by atoms with Gasteiger partial charge in [0.15, 0.2) is 0 Å². The van der Waals surface area contributed by atoms with Crippen molar-refractivity contribution < 1.29 is 4.79 Å². The minimum atomic E-state index is -0.230. The van der Waals surface area contributed by atoms with Crippen LogP contribution in [0.15, 0.2) is 45.3 Å². The van der Waals surface area contributed by atoms with Gasteiger partial charge in [-0.2, -0.15) is 0 Å². The molecular weight excluding hydrogens is 417 g/mol. The summed E-state index contributed by atoms with van der Waals surface area (Å²) >= 11 is 18.3. The van der Waals surface area contributed by atoms with E-state index in [1.54, 1.807) is 36.4 Å². The zero-order valence-electron chi connectivity index (χ0n) is 9.38. The third kappa shape index (κ3) is 3.72. The lowest BCUT2D eigenvalue weighted by Crippen LogP contribution is -2.12. The van der Waals surface area contributed by atoms with Gasteiger partial charge in [0.1, 0.15) is 0 Å². The van der Waals surface area contributed by atoms with Gasteiger partial charge >= 0.3 is 0 Å². The molecule has 1 N–H and O–H groups in total. The van der Waals surface area contributed by atoms with E-state index in [0.29, 0.717) is 25.8 Å². The number of carbonyl (C=O) groups is 1. The van der Waals surface area contributed by atoms with E-state index in [9.17, 15) is 4.79 Å². The first-order chi connectivity index (χ1) is 8.97. The third-order valence-electron chi connectivity index (χ3n) is 2.36. The van der Waals surface area contributed by atoms with E-state index in [1.165, 1.54) is 0 Å². The highest BCUT2D eigenvalue weighted by molar-refractivity contribution is 9.11. The van der Waals surface area contributed by atoms with Crippen LogP contribution >= 0.6 is 55.1 Å². The largest absolute Gasteiger partial charge is 0.321 e. The van der Waals surface area contributed by atoms with Gasteiger partial charge in [0, 0.05) is 19.0 Å². The molecule has 98 valence electrons. The number of halogens is 4. The molecule has 0 bridgehead atoms. The highest BCUT2D eigenvalue weighted by Crippen LogP contribution is 2.27. The maximum Gasteiger partial charge on any atom is 0.256 e. The van der Waals surface area contributed by atoms with Gasteiger partial charge in [-0.15, -0.1) is 0 Å². The second-order valence-corrected chi connectivity index (χ2v) is 6.28. The number of hydrogen-bond acceptors (Lipinski definition) is 1. The van der Waals surface area contributed by atoms with Crippen molar-refractivity contribution in [3.05, 3.63) is 61.0 Å². The first-order valence-corrected chi connectivity index (χ1v) is 7.53. The van der Waals surface area contributed by atoms with Gasteiger partial charge in [-0.05, 0) is 68.3 Å². The lowest BCUT2D eigenvalue weighted by atomic mass is 10.2. The molecule has 0 saturated heterocycles. The maximum atomic E-state index is 12.1. The first kappa shape index (κ1) is 14.9. The summed E-state index contributed by atoms with van der Waals surface area (Å²) < 4.78 is 1.36. The standard InChI is InChI=1S/C13H7Br2Cl2NO/c14-10-5-7(16)1-3-9(10)13(19)18-12-4-2-8(17)6-11(12)15/h1-6H,(H,18,19). The van der Waals surface area contributed by atoms with Crippen molar-refractivity contribution in [2.24, 2.45) is 0 Å². The Morgan fingerprint density at radius 2 is 1.53 bits per heavy atom. The van der Waals surface area contributed by atoms with Crippen molar-refractivity contribution in [1.29, 1.82) is 0 Å². The normalized spacial score (nSPS) is 10.3. The summed E-state index contributed by atoms with van der Waals surface area (Å²) in [5.41, 5.74) is 1.16. The number of rotatable bonds is 2. The molecule has 2 rings (SSSR count). The van der Waals surface area contributed by atoms with E-state index < -0.39 is 0 Å². The number of benzene rings is 2. The Bertz CT molecular complexity index is 647. The van der Waals surface area contributed by atoms with Gasteiger partial charge < -0.3 is 5.32 Å². The lowest BCUT2D eigenvalue weighted by molar-refractivity contribution is 0.102. The molecule has 2 aromatic rings. The monoisotopic (exact) mass is 421 g/mol. The highest BCUT2D eigenvalue weighted by Gasteiger charge is 2.12. The molecule has 6 heteroatoms. The minimum absolute atomic E-state index is 0.230. The van der Waals surface area contributed by atoms with E-state index >= 15 is 0 Å². The van der Waals surface area contributed by atoms with Crippen molar-refractivity contribution in [2.75, 3.05) is 5.32 Å². The Kier molecular flexibility index (Phi) is 4.90. The van der Waals surface area contributed by atoms with Gasteiger partial charge in [0.25, 0.3) is 5.91 Å². The van der Waals surface area contributed by atoms with Crippen LogP contribution in [0.5, 0.6) is 0 Å². The van der Waals surface area contributed by atoms with Gasteiger partial charge in [-0.3, -0.25) is 4.79 Å². The molecule has 0 aliphatic rings. The topological polar surface area (TPSA) is 29.1 Å². The summed E-state index contributed by atoms with van der Waals surface area (Å²) in [6.45, 7) is 0. The summed E-state index contributed by atoms with van der Waals surface area (Å²) in [7, 11) is 0. The minimum Gasteiger partial charge on any atom is -0.321 e. The molecule has 1 amide bonds. The molecule has 0 unspecified atom stereocenters. The average Bonchev–Trinajstić information content (AvgIpc) is 2.32. The second-order valence-electron chi connectivity index (χ2n) is 3.70. The van der Waals surface area contributed by atoms with Crippen LogP contribution in [-0.4, -0.2) is 5.91 Å². The van der Waals surface area contributed by atoms with Crippen LogP contribution in [0, 0.1) is 0 Å². The second kappa shape index (κ2) is 6.27. The Balaban J connectivity index is 2.25. The van der Waals surface area contributed by atoms with E-state index in [1.807, 2.05) is 0 Å². The molecule has 2 nitrogen and oxygen atoms in total. The molecule has 19 heavy (non-hydrogen) atoms. The van der Waals surface area contributed by atoms with Gasteiger partial charge in [-0.25, -0.2) is 0 Å². The molecule has 0 radical (unpaired) electrons. The van der Waals surface area contributed by atoms with Crippen molar-refractivity contribution in [2.45, 2.75) is 0 Å². The van der Waals surface area contributed by atoms with Crippen molar-refractivity contribution >= 4 is 66.7 Å². The molecule has 0 saturated carbocycles. The predicted octanol–water partition coefficient (Wildman–Crippen LogP) is 5.77. The van der Waals surface area contributed by atoms with Crippen LogP contribution < -0.4 is 5.32 Å². The Morgan fingerprint density at radius 1 is 0.947 bits per heavy atom. The van der Waals surface area contributed by atoms with E-state index in [4.69, 9.17) is 23.2 Å². The summed E-state index contributed by atoms with van der Waals surface area (Å²) in [4.78, 5) is 12.1.